The Kier molecular flexibility index (Phi) is 4.61. The maximum atomic E-state index is 5.97. The molecule has 1 aromatic rings. The average Bonchev–Trinajstić information content (AvgIpc) is 2.46. The molecule has 1 fully saturated rings. The van der Waals surface area contributed by atoms with Gasteiger partial charge < -0.3 is 15.8 Å². The second-order valence-electron chi connectivity index (χ2n) is 5.22. The summed E-state index contributed by atoms with van der Waals surface area (Å²) in [6.07, 6.45) is 5.94. The monoisotopic (exact) mass is 248 g/mol. The Hall–Kier alpha value is -1.06. The molecular formula is C15H24N2O. The smallest absolute Gasteiger partial charge is 0.119 e. The largest absolute Gasteiger partial charge is 0.497 e. The van der Waals surface area contributed by atoms with Gasteiger partial charge in [-0.1, -0.05) is 18.6 Å². The van der Waals surface area contributed by atoms with E-state index in [9.17, 15) is 0 Å². The number of aryl methyl sites for hydroxylation is 1. The molecule has 2 rings (SSSR count). The van der Waals surface area contributed by atoms with E-state index >= 15 is 0 Å². The molecule has 3 nitrogen and oxygen atoms in total. The standard InChI is InChI=1S/C15H24N2O/c1-18-14-6-4-5-13(11-14)7-9-15(12-16)8-2-3-10-17-15/h4-6,11,17H,2-3,7-10,12,16H2,1H3. The minimum absolute atomic E-state index is 0.154. The van der Waals surface area contributed by atoms with Crippen molar-refractivity contribution in [2.75, 3.05) is 20.2 Å². The van der Waals surface area contributed by atoms with Crippen molar-refractivity contribution in [3.63, 3.8) is 0 Å². The minimum atomic E-state index is 0.154. The molecule has 100 valence electrons. The van der Waals surface area contributed by atoms with Crippen LogP contribution in [-0.2, 0) is 6.42 Å². The van der Waals surface area contributed by atoms with Crippen LogP contribution in [0.2, 0.25) is 0 Å². The summed E-state index contributed by atoms with van der Waals surface area (Å²) >= 11 is 0. The third-order valence-electron chi connectivity index (χ3n) is 4.00. The topological polar surface area (TPSA) is 47.3 Å². The predicted molar refractivity (Wildman–Crippen MR) is 75.0 cm³/mol. The lowest BCUT2D eigenvalue weighted by Crippen LogP contribution is -2.54. The van der Waals surface area contributed by atoms with E-state index in [1.807, 2.05) is 6.07 Å². The zero-order valence-electron chi connectivity index (χ0n) is 11.2. The number of benzene rings is 1. The molecule has 3 heteroatoms. The summed E-state index contributed by atoms with van der Waals surface area (Å²) in [6.45, 7) is 1.84. The van der Waals surface area contributed by atoms with Gasteiger partial charge in [0.1, 0.15) is 5.75 Å². The van der Waals surface area contributed by atoms with E-state index in [0.717, 1.165) is 31.7 Å². The summed E-state index contributed by atoms with van der Waals surface area (Å²) in [4.78, 5) is 0. The van der Waals surface area contributed by atoms with Crippen molar-refractivity contribution in [2.24, 2.45) is 5.73 Å². The van der Waals surface area contributed by atoms with Crippen molar-refractivity contribution < 1.29 is 4.74 Å². The first-order valence-electron chi connectivity index (χ1n) is 6.86. The number of methoxy groups -OCH3 is 1. The molecule has 1 saturated heterocycles. The van der Waals surface area contributed by atoms with Crippen LogP contribution in [0.25, 0.3) is 0 Å². The van der Waals surface area contributed by atoms with Gasteiger partial charge in [-0.25, -0.2) is 0 Å². The third kappa shape index (κ3) is 3.24. The van der Waals surface area contributed by atoms with Crippen LogP contribution >= 0.6 is 0 Å². The van der Waals surface area contributed by atoms with Gasteiger partial charge in [0.05, 0.1) is 7.11 Å². The lowest BCUT2D eigenvalue weighted by atomic mass is 9.83. The molecule has 0 amide bonds. The maximum absolute atomic E-state index is 5.97. The molecule has 1 aliphatic rings. The van der Waals surface area contributed by atoms with Crippen LogP contribution in [0.5, 0.6) is 5.75 Å². The number of nitrogens with one attached hydrogen (secondary N) is 1. The summed E-state index contributed by atoms with van der Waals surface area (Å²) < 4.78 is 5.26. The van der Waals surface area contributed by atoms with Crippen molar-refractivity contribution in [1.82, 2.24) is 5.32 Å². The second-order valence-corrected chi connectivity index (χ2v) is 5.22. The first-order valence-corrected chi connectivity index (χ1v) is 6.86. The Balaban J connectivity index is 1.96. The van der Waals surface area contributed by atoms with Crippen molar-refractivity contribution in [2.45, 2.75) is 37.6 Å². The summed E-state index contributed by atoms with van der Waals surface area (Å²) in [6, 6.07) is 8.32. The molecule has 0 aliphatic carbocycles. The van der Waals surface area contributed by atoms with Crippen molar-refractivity contribution in [1.29, 1.82) is 0 Å². The number of hydrogen-bond donors (Lipinski definition) is 2. The zero-order valence-corrected chi connectivity index (χ0v) is 11.2. The van der Waals surface area contributed by atoms with E-state index in [1.165, 1.54) is 24.8 Å². The highest BCUT2D eigenvalue weighted by Gasteiger charge is 2.29. The summed E-state index contributed by atoms with van der Waals surface area (Å²) in [7, 11) is 1.71. The number of ether oxygens (including phenoxy) is 1. The molecule has 1 heterocycles. The van der Waals surface area contributed by atoms with Gasteiger partial charge in [0.25, 0.3) is 0 Å². The van der Waals surface area contributed by atoms with Gasteiger partial charge in [-0.15, -0.1) is 0 Å². The van der Waals surface area contributed by atoms with Crippen molar-refractivity contribution in [3.8, 4) is 5.75 Å². The van der Waals surface area contributed by atoms with Crippen molar-refractivity contribution in [3.05, 3.63) is 29.8 Å². The number of piperidine rings is 1. The van der Waals surface area contributed by atoms with Crippen LogP contribution in [0, 0.1) is 0 Å². The van der Waals surface area contributed by atoms with E-state index in [0.29, 0.717) is 0 Å². The summed E-state index contributed by atoms with van der Waals surface area (Å²) in [5.74, 6) is 0.936. The molecule has 0 saturated carbocycles. The normalized spacial score (nSPS) is 23.9. The molecular weight excluding hydrogens is 224 g/mol. The summed E-state index contributed by atoms with van der Waals surface area (Å²) in [5.41, 5.74) is 7.45. The first kappa shape index (κ1) is 13.4. The van der Waals surface area contributed by atoms with Gasteiger partial charge in [-0.3, -0.25) is 0 Å². The first-order chi connectivity index (χ1) is 8.78. The SMILES string of the molecule is COc1cccc(CCC2(CN)CCCCN2)c1. The highest BCUT2D eigenvalue weighted by molar-refractivity contribution is 5.28. The van der Waals surface area contributed by atoms with Crippen LogP contribution in [0.15, 0.2) is 24.3 Å². The van der Waals surface area contributed by atoms with Gasteiger partial charge >= 0.3 is 0 Å². The fraction of sp³-hybridized carbons (Fsp3) is 0.600. The van der Waals surface area contributed by atoms with E-state index < -0.39 is 0 Å². The number of hydrogen-bond acceptors (Lipinski definition) is 3. The Bertz CT molecular complexity index is 373. The average molecular weight is 248 g/mol. The molecule has 1 unspecified atom stereocenters. The van der Waals surface area contributed by atoms with E-state index in [1.54, 1.807) is 7.11 Å². The van der Waals surface area contributed by atoms with Crippen LogP contribution < -0.4 is 15.8 Å². The second kappa shape index (κ2) is 6.21. The molecule has 1 atom stereocenters. The highest BCUT2D eigenvalue weighted by atomic mass is 16.5. The molecule has 1 aliphatic heterocycles. The Morgan fingerprint density at radius 2 is 2.28 bits per heavy atom. The van der Waals surface area contributed by atoms with Crippen LogP contribution in [-0.4, -0.2) is 25.7 Å². The Labute approximate surface area is 110 Å². The molecule has 18 heavy (non-hydrogen) atoms. The van der Waals surface area contributed by atoms with Gasteiger partial charge in [0.2, 0.25) is 0 Å². The maximum Gasteiger partial charge on any atom is 0.119 e. The lowest BCUT2D eigenvalue weighted by molar-refractivity contribution is 0.244. The third-order valence-corrected chi connectivity index (χ3v) is 4.00. The van der Waals surface area contributed by atoms with E-state index in [-0.39, 0.29) is 5.54 Å². The summed E-state index contributed by atoms with van der Waals surface area (Å²) in [5, 5.41) is 3.62. The quantitative estimate of drug-likeness (QED) is 0.839. The zero-order chi connectivity index (χ0) is 12.8. The lowest BCUT2D eigenvalue weighted by Gasteiger charge is -2.37. The molecule has 0 radical (unpaired) electrons. The molecule has 1 aromatic carbocycles. The predicted octanol–water partition coefficient (Wildman–Crippen LogP) is 2.10. The van der Waals surface area contributed by atoms with Gasteiger partial charge in [-0.05, 0) is 49.9 Å². The number of rotatable bonds is 5. The fourth-order valence-electron chi connectivity index (χ4n) is 2.73. The molecule has 0 aromatic heterocycles. The number of nitrogens with two attached hydrogens (primary N) is 1. The van der Waals surface area contributed by atoms with Crippen LogP contribution in [0.4, 0.5) is 0 Å². The minimum Gasteiger partial charge on any atom is -0.497 e. The van der Waals surface area contributed by atoms with Crippen LogP contribution in [0.1, 0.15) is 31.2 Å². The Morgan fingerprint density at radius 1 is 1.39 bits per heavy atom. The highest BCUT2D eigenvalue weighted by Crippen LogP contribution is 2.24. The fourth-order valence-corrected chi connectivity index (χ4v) is 2.73. The van der Waals surface area contributed by atoms with E-state index in [2.05, 4.69) is 23.5 Å². The molecule has 0 bridgehead atoms. The molecule has 0 spiro atoms. The molecule has 3 N–H and O–H groups in total. The van der Waals surface area contributed by atoms with Gasteiger partial charge in [0.15, 0.2) is 0 Å². The van der Waals surface area contributed by atoms with Gasteiger partial charge in [0, 0.05) is 12.1 Å². The van der Waals surface area contributed by atoms with Crippen LogP contribution in [0.3, 0.4) is 0 Å². The van der Waals surface area contributed by atoms with E-state index in [4.69, 9.17) is 10.5 Å². The Morgan fingerprint density at radius 3 is 2.94 bits per heavy atom. The van der Waals surface area contributed by atoms with Crippen molar-refractivity contribution >= 4 is 0 Å². The van der Waals surface area contributed by atoms with Gasteiger partial charge in [-0.2, -0.15) is 0 Å².